The van der Waals surface area contributed by atoms with Crippen molar-refractivity contribution in [2.24, 2.45) is 0 Å². The molecule has 1 saturated carbocycles. The van der Waals surface area contributed by atoms with E-state index in [1.807, 2.05) is 23.1 Å². The number of methoxy groups -OCH3 is 2. The van der Waals surface area contributed by atoms with Crippen molar-refractivity contribution in [1.82, 2.24) is 10.2 Å². The van der Waals surface area contributed by atoms with Gasteiger partial charge in [-0.15, -0.1) is 0 Å². The SMILES string of the molecule is COCCN1C(=O)c2ccccc2[C@@H](C(=O)N[C@@H](C)C(=O)OC)C12CCCCC2. The second kappa shape index (κ2) is 8.95. The van der Waals surface area contributed by atoms with Crippen molar-refractivity contribution < 1.29 is 23.9 Å². The summed E-state index contributed by atoms with van der Waals surface area (Å²) in [7, 11) is 2.91. The molecular formula is C22H30N2O5. The number of carbonyl (C=O) groups is 3. The summed E-state index contributed by atoms with van der Waals surface area (Å²) in [5.74, 6) is -1.33. The van der Waals surface area contributed by atoms with Gasteiger partial charge in [0.25, 0.3) is 5.91 Å². The number of esters is 1. The molecule has 2 amide bonds. The zero-order valence-electron chi connectivity index (χ0n) is 17.4. The Balaban J connectivity index is 2.07. The Morgan fingerprint density at radius 2 is 1.90 bits per heavy atom. The lowest BCUT2D eigenvalue weighted by Crippen LogP contribution is -2.63. The minimum atomic E-state index is -0.759. The van der Waals surface area contributed by atoms with Crippen LogP contribution in [0, 0.1) is 0 Å². The maximum atomic E-state index is 13.5. The largest absolute Gasteiger partial charge is 0.467 e. The Hall–Kier alpha value is -2.41. The molecule has 0 aromatic heterocycles. The van der Waals surface area contributed by atoms with Gasteiger partial charge < -0.3 is 19.7 Å². The fourth-order valence-corrected chi connectivity index (χ4v) is 4.88. The van der Waals surface area contributed by atoms with Gasteiger partial charge in [-0.1, -0.05) is 37.5 Å². The molecule has 0 bridgehead atoms. The van der Waals surface area contributed by atoms with Gasteiger partial charge in [-0.25, -0.2) is 4.79 Å². The third kappa shape index (κ3) is 3.88. The zero-order valence-corrected chi connectivity index (χ0v) is 17.4. The summed E-state index contributed by atoms with van der Waals surface area (Å²) in [6.45, 7) is 2.45. The van der Waals surface area contributed by atoms with Crippen molar-refractivity contribution in [2.75, 3.05) is 27.4 Å². The Morgan fingerprint density at radius 1 is 1.21 bits per heavy atom. The first-order valence-electron chi connectivity index (χ1n) is 10.2. The lowest BCUT2D eigenvalue weighted by Gasteiger charge is -2.53. The van der Waals surface area contributed by atoms with Crippen LogP contribution in [0.4, 0.5) is 0 Å². The Labute approximate surface area is 171 Å². The van der Waals surface area contributed by atoms with Crippen LogP contribution in [0.25, 0.3) is 0 Å². The van der Waals surface area contributed by atoms with Crippen LogP contribution in [-0.2, 0) is 19.1 Å². The summed E-state index contributed by atoms with van der Waals surface area (Å²) in [5.41, 5.74) is 0.676. The number of nitrogens with zero attached hydrogens (tertiary/aromatic N) is 1. The van der Waals surface area contributed by atoms with Gasteiger partial charge in [0.15, 0.2) is 0 Å². The molecule has 0 radical (unpaired) electrons. The number of amides is 2. The normalized spacial score (nSPS) is 21.4. The maximum absolute atomic E-state index is 13.5. The van der Waals surface area contributed by atoms with Crippen LogP contribution in [0.2, 0.25) is 0 Å². The van der Waals surface area contributed by atoms with Crippen molar-refractivity contribution in [3.8, 4) is 0 Å². The van der Waals surface area contributed by atoms with Crippen LogP contribution in [-0.4, -0.2) is 61.6 Å². The third-order valence-electron chi connectivity index (χ3n) is 6.24. The molecule has 1 fully saturated rings. The molecule has 1 aliphatic carbocycles. The van der Waals surface area contributed by atoms with Gasteiger partial charge in [0.2, 0.25) is 5.91 Å². The number of hydrogen-bond acceptors (Lipinski definition) is 5. The van der Waals surface area contributed by atoms with Gasteiger partial charge in [0, 0.05) is 19.2 Å². The monoisotopic (exact) mass is 402 g/mol. The molecular weight excluding hydrogens is 372 g/mol. The number of nitrogens with one attached hydrogen (secondary N) is 1. The number of ether oxygens (including phenoxy) is 2. The second-order valence-electron chi connectivity index (χ2n) is 7.89. The lowest BCUT2D eigenvalue weighted by molar-refractivity contribution is -0.145. The summed E-state index contributed by atoms with van der Waals surface area (Å²) < 4.78 is 10.0. The van der Waals surface area contributed by atoms with E-state index in [4.69, 9.17) is 9.47 Å². The van der Waals surface area contributed by atoms with E-state index in [0.717, 1.165) is 37.7 Å². The van der Waals surface area contributed by atoms with Crippen LogP contribution < -0.4 is 5.32 Å². The van der Waals surface area contributed by atoms with Gasteiger partial charge in [-0.05, 0) is 31.4 Å². The minimum absolute atomic E-state index is 0.0513. The van der Waals surface area contributed by atoms with Crippen molar-refractivity contribution in [1.29, 1.82) is 0 Å². The topological polar surface area (TPSA) is 84.9 Å². The molecule has 1 aliphatic heterocycles. The van der Waals surface area contributed by atoms with E-state index >= 15 is 0 Å². The van der Waals surface area contributed by atoms with Crippen LogP contribution in [0.3, 0.4) is 0 Å². The van der Waals surface area contributed by atoms with Crippen LogP contribution in [0.1, 0.15) is 60.9 Å². The summed E-state index contributed by atoms with van der Waals surface area (Å²) in [4.78, 5) is 40.6. The fraction of sp³-hybridized carbons (Fsp3) is 0.591. The summed E-state index contributed by atoms with van der Waals surface area (Å²) in [6, 6.07) is 6.56. The van der Waals surface area contributed by atoms with E-state index in [1.54, 1.807) is 20.1 Å². The molecule has 0 unspecified atom stereocenters. The minimum Gasteiger partial charge on any atom is -0.467 e. The molecule has 2 atom stereocenters. The molecule has 1 N–H and O–H groups in total. The molecule has 0 saturated heterocycles. The van der Waals surface area contributed by atoms with Crippen molar-refractivity contribution in [3.63, 3.8) is 0 Å². The average Bonchev–Trinajstić information content (AvgIpc) is 2.73. The smallest absolute Gasteiger partial charge is 0.328 e. The van der Waals surface area contributed by atoms with E-state index in [9.17, 15) is 14.4 Å². The van der Waals surface area contributed by atoms with Crippen molar-refractivity contribution >= 4 is 17.8 Å². The number of fused-ring (bicyclic) bond motifs is 1. The number of carbonyl (C=O) groups excluding carboxylic acids is 3. The molecule has 1 aromatic rings. The van der Waals surface area contributed by atoms with E-state index < -0.39 is 23.5 Å². The highest BCUT2D eigenvalue weighted by atomic mass is 16.5. The first kappa shape index (κ1) is 21.3. The molecule has 29 heavy (non-hydrogen) atoms. The molecule has 158 valence electrons. The molecule has 2 aliphatic rings. The van der Waals surface area contributed by atoms with Gasteiger partial charge in [-0.2, -0.15) is 0 Å². The van der Waals surface area contributed by atoms with Crippen LogP contribution in [0.5, 0.6) is 0 Å². The summed E-state index contributed by atoms with van der Waals surface area (Å²) in [6.07, 6.45) is 4.50. The third-order valence-corrected chi connectivity index (χ3v) is 6.24. The van der Waals surface area contributed by atoms with Gasteiger partial charge >= 0.3 is 5.97 Å². The van der Waals surface area contributed by atoms with Crippen molar-refractivity contribution in [3.05, 3.63) is 35.4 Å². The maximum Gasteiger partial charge on any atom is 0.328 e. The first-order chi connectivity index (χ1) is 14.0. The van der Waals surface area contributed by atoms with Gasteiger partial charge in [-0.3, -0.25) is 9.59 Å². The molecule has 1 spiro atoms. The van der Waals surface area contributed by atoms with E-state index in [1.165, 1.54) is 7.11 Å². The predicted molar refractivity (Wildman–Crippen MR) is 108 cm³/mol. The first-order valence-corrected chi connectivity index (χ1v) is 10.2. The number of hydrogen-bond donors (Lipinski definition) is 1. The average molecular weight is 402 g/mol. The molecule has 1 heterocycles. The molecule has 7 nitrogen and oxygen atoms in total. The zero-order chi connectivity index (χ0) is 21.0. The number of rotatable bonds is 6. The number of benzene rings is 1. The predicted octanol–water partition coefficient (Wildman–Crippen LogP) is 2.25. The lowest BCUT2D eigenvalue weighted by atomic mass is 9.65. The van der Waals surface area contributed by atoms with Gasteiger partial charge in [0.1, 0.15) is 6.04 Å². The standard InChI is InChI=1S/C22H30N2O5/c1-15(21(27)29-3)23-19(25)18-16-9-5-6-10-17(16)20(26)24(13-14-28-2)22(18)11-7-4-8-12-22/h5-6,9-10,15,18H,4,7-8,11-14H2,1-3H3,(H,23,25)/t15-,18-/m0/s1. The van der Waals surface area contributed by atoms with Crippen molar-refractivity contribution in [2.45, 2.75) is 56.5 Å². The molecule has 7 heteroatoms. The summed E-state index contributed by atoms with van der Waals surface area (Å²) >= 11 is 0. The molecule has 1 aromatic carbocycles. The Bertz CT molecular complexity index is 772. The Morgan fingerprint density at radius 3 is 2.55 bits per heavy atom. The summed E-state index contributed by atoms with van der Waals surface area (Å²) in [5, 5.41) is 2.82. The van der Waals surface area contributed by atoms with E-state index in [2.05, 4.69) is 5.32 Å². The van der Waals surface area contributed by atoms with Gasteiger partial charge in [0.05, 0.1) is 25.2 Å². The van der Waals surface area contributed by atoms with E-state index in [0.29, 0.717) is 18.7 Å². The van der Waals surface area contributed by atoms with E-state index in [-0.39, 0.29) is 11.8 Å². The highest BCUT2D eigenvalue weighted by Crippen LogP contribution is 2.49. The molecule has 3 rings (SSSR count). The van der Waals surface area contributed by atoms with Crippen LogP contribution >= 0.6 is 0 Å². The quantitative estimate of drug-likeness (QED) is 0.738. The Kier molecular flexibility index (Phi) is 6.57. The fourth-order valence-electron chi connectivity index (χ4n) is 4.88. The highest BCUT2D eigenvalue weighted by molar-refractivity contribution is 6.02. The van der Waals surface area contributed by atoms with Crippen LogP contribution in [0.15, 0.2) is 24.3 Å². The highest BCUT2D eigenvalue weighted by Gasteiger charge is 2.54. The second-order valence-corrected chi connectivity index (χ2v) is 7.89.